The standard InChI is InChI=1S/C14H19ClN2O2/c1-2-19-14(18)13(17-9-7-16-8-10-17)11-5-3-4-6-12(11)15/h3-6,13,16H,2,7-10H2,1H3. The van der Waals surface area contributed by atoms with E-state index in [1.165, 1.54) is 0 Å². The summed E-state index contributed by atoms with van der Waals surface area (Å²) in [5, 5.41) is 3.89. The number of nitrogens with zero attached hydrogens (tertiary/aromatic N) is 1. The number of halogens is 1. The molecule has 0 amide bonds. The van der Waals surface area contributed by atoms with E-state index in [1.807, 2.05) is 31.2 Å². The van der Waals surface area contributed by atoms with Crippen molar-refractivity contribution in [2.24, 2.45) is 0 Å². The lowest BCUT2D eigenvalue weighted by Crippen LogP contribution is -2.47. The molecule has 0 bridgehead atoms. The third-order valence-corrected chi connectivity index (χ3v) is 3.57. The molecule has 1 aromatic carbocycles. The van der Waals surface area contributed by atoms with E-state index in [1.54, 1.807) is 0 Å². The number of hydrogen-bond acceptors (Lipinski definition) is 4. The minimum atomic E-state index is -0.407. The van der Waals surface area contributed by atoms with Crippen LogP contribution in [0.5, 0.6) is 0 Å². The number of benzene rings is 1. The number of esters is 1. The van der Waals surface area contributed by atoms with E-state index in [2.05, 4.69) is 10.2 Å². The average Bonchev–Trinajstić information content (AvgIpc) is 2.43. The highest BCUT2D eigenvalue weighted by Crippen LogP contribution is 2.28. The number of carbonyl (C=O) groups excluding carboxylic acids is 1. The summed E-state index contributed by atoms with van der Waals surface area (Å²) in [5.74, 6) is -0.225. The third kappa shape index (κ3) is 3.47. The lowest BCUT2D eigenvalue weighted by atomic mass is 10.0. The van der Waals surface area contributed by atoms with E-state index in [0.29, 0.717) is 11.6 Å². The highest BCUT2D eigenvalue weighted by Gasteiger charge is 2.31. The summed E-state index contributed by atoms with van der Waals surface area (Å²) in [4.78, 5) is 14.4. The largest absolute Gasteiger partial charge is 0.465 e. The Morgan fingerprint density at radius 3 is 2.74 bits per heavy atom. The molecule has 1 heterocycles. The van der Waals surface area contributed by atoms with Gasteiger partial charge in [0.25, 0.3) is 0 Å². The fourth-order valence-electron chi connectivity index (χ4n) is 2.33. The summed E-state index contributed by atoms with van der Waals surface area (Å²) in [6.45, 7) is 5.58. The number of carbonyl (C=O) groups is 1. The molecule has 4 nitrogen and oxygen atoms in total. The minimum Gasteiger partial charge on any atom is -0.465 e. The van der Waals surface area contributed by atoms with Crippen molar-refractivity contribution >= 4 is 17.6 Å². The average molecular weight is 283 g/mol. The first-order chi connectivity index (χ1) is 9.24. The lowest BCUT2D eigenvalue weighted by molar-refractivity contribution is -0.150. The molecule has 0 radical (unpaired) electrons. The molecule has 1 saturated heterocycles. The van der Waals surface area contributed by atoms with Crippen LogP contribution in [0.4, 0.5) is 0 Å². The molecular formula is C14H19ClN2O2. The Kier molecular flexibility index (Phi) is 5.19. The van der Waals surface area contributed by atoms with Gasteiger partial charge in [-0.25, -0.2) is 4.79 Å². The lowest BCUT2D eigenvalue weighted by Gasteiger charge is -2.33. The topological polar surface area (TPSA) is 41.6 Å². The molecule has 0 spiro atoms. The van der Waals surface area contributed by atoms with Gasteiger partial charge in [-0.1, -0.05) is 29.8 Å². The first-order valence-electron chi connectivity index (χ1n) is 6.60. The second-order valence-corrected chi connectivity index (χ2v) is 4.87. The monoisotopic (exact) mass is 282 g/mol. The van der Waals surface area contributed by atoms with E-state index in [4.69, 9.17) is 16.3 Å². The van der Waals surface area contributed by atoms with E-state index in [9.17, 15) is 4.79 Å². The Balaban J connectivity index is 2.28. The zero-order chi connectivity index (χ0) is 13.7. The van der Waals surface area contributed by atoms with E-state index in [-0.39, 0.29) is 5.97 Å². The molecule has 0 aromatic heterocycles. The van der Waals surface area contributed by atoms with Crippen LogP contribution >= 0.6 is 11.6 Å². The number of rotatable bonds is 4. The maximum absolute atomic E-state index is 12.3. The molecule has 1 fully saturated rings. The van der Waals surface area contributed by atoms with Gasteiger partial charge in [0, 0.05) is 31.2 Å². The van der Waals surface area contributed by atoms with Crippen LogP contribution in [0.1, 0.15) is 18.5 Å². The van der Waals surface area contributed by atoms with Crippen LogP contribution in [0.15, 0.2) is 24.3 Å². The minimum absolute atomic E-state index is 0.225. The van der Waals surface area contributed by atoms with Gasteiger partial charge in [0.05, 0.1) is 6.61 Å². The number of nitrogens with one attached hydrogen (secondary N) is 1. The van der Waals surface area contributed by atoms with Crippen LogP contribution in [0.25, 0.3) is 0 Å². The molecular weight excluding hydrogens is 264 g/mol. The quantitative estimate of drug-likeness (QED) is 0.856. The highest BCUT2D eigenvalue weighted by atomic mass is 35.5. The van der Waals surface area contributed by atoms with Crippen LogP contribution in [0, 0.1) is 0 Å². The summed E-state index contributed by atoms with van der Waals surface area (Å²) >= 11 is 6.23. The molecule has 0 aliphatic carbocycles. The Morgan fingerprint density at radius 2 is 2.11 bits per heavy atom. The Bertz CT molecular complexity index is 433. The molecule has 1 unspecified atom stereocenters. The summed E-state index contributed by atoms with van der Waals surface area (Å²) in [7, 11) is 0. The van der Waals surface area contributed by atoms with Gasteiger partial charge in [-0.3, -0.25) is 4.90 Å². The van der Waals surface area contributed by atoms with Gasteiger partial charge in [-0.2, -0.15) is 0 Å². The second-order valence-electron chi connectivity index (χ2n) is 4.46. The molecule has 0 saturated carbocycles. The van der Waals surface area contributed by atoms with Gasteiger partial charge in [0.15, 0.2) is 0 Å². The van der Waals surface area contributed by atoms with Crippen LogP contribution in [-0.4, -0.2) is 43.7 Å². The van der Waals surface area contributed by atoms with Crippen molar-refractivity contribution in [3.8, 4) is 0 Å². The first-order valence-corrected chi connectivity index (χ1v) is 6.97. The maximum Gasteiger partial charge on any atom is 0.328 e. The van der Waals surface area contributed by atoms with Crippen molar-refractivity contribution in [3.05, 3.63) is 34.9 Å². The normalized spacial score (nSPS) is 18.0. The molecule has 2 rings (SSSR count). The predicted octanol–water partition coefficient (Wildman–Crippen LogP) is 1.85. The number of piperazine rings is 1. The molecule has 1 N–H and O–H groups in total. The third-order valence-electron chi connectivity index (χ3n) is 3.23. The summed E-state index contributed by atoms with van der Waals surface area (Å²) in [5.41, 5.74) is 0.824. The maximum atomic E-state index is 12.3. The predicted molar refractivity (Wildman–Crippen MR) is 75.3 cm³/mol. The van der Waals surface area contributed by atoms with Gasteiger partial charge in [0.2, 0.25) is 0 Å². The Hall–Kier alpha value is -1.10. The van der Waals surface area contributed by atoms with Crippen molar-refractivity contribution in [1.82, 2.24) is 10.2 Å². The molecule has 19 heavy (non-hydrogen) atoms. The zero-order valence-electron chi connectivity index (χ0n) is 11.1. The van der Waals surface area contributed by atoms with Gasteiger partial charge in [-0.05, 0) is 18.6 Å². The first kappa shape index (κ1) is 14.3. The van der Waals surface area contributed by atoms with Gasteiger partial charge >= 0.3 is 5.97 Å². The van der Waals surface area contributed by atoms with E-state index < -0.39 is 6.04 Å². The zero-order valence-corrected chi connectivity index (χ0v) is 11.8. The molecule has 5 heteroatoms. The van der Waals surface area contributed by atoms with Crippen molar-refractivity contribution < 1.29 is 9.53 Å². The Morgan fingerprint density at radius 1 is 1.42 bits per heavy atom. The second kappa shape index (κ2) is 6.89. The van der Waals surface area contributed by atoms with Crippen LogP contribution in [0.3, 0.4) is 0 Å². The van der Waals surface area contributed by atoms with Crippen molar-refractivity contribution in [1.29, 1.82) is 0 Å². The Labute approximate surface area is 118 Å². The summed E-state index contributed by atoms with van der Waals surface area (Å²) < 4.78 is 5.21. The van der Waals surface area contributed by atoms with Crippen LogP contribution in [-0.2, 0) is 9.53 Å². The smallest absolute Gasteiger partial charge is 0.328 e. The highest BCUT2D eigenvalue weighted by molar-refractivity contribution is 6.31. The molecule has 1 aliphatic heterocycles. The molecule has 1 atom stereocenters. The summed E-state index contributed by atoms with van der Waals surface area (Å²) in [6.07, 6.45) is 0. The number of ether oxygens (including phenoxy) is 1. The van der Waals surface area contributed by atoms with Crippen molar-refractivity contribution in [2.45, 2.75) is 13.0 Å². The molecule has 1 aromatic rings. The van der Waals surface area contributed by atoms with Crippen LogP contribution in [0.2, 0.25) is 5.02 Å². The summed E-state index contributed by atoms with van der Waals surface area (Å²) in [6, 6.07) is 7.06. The SMILES string of the molecule is CCOC(=O)C(c1ccccc1Cl)N1CCNCC1. The van der Waals surface area contributed by atoms with E-state index >= 15 is 0 Å². The fourth-order valence-corrected chi connectivity index (χ4v) is 2.57. The number of hydrogen-bond donors (Lipinski definition) is 1. The van der Waals surface area contributed by atoms with Gasteiger partial charge in [0.1, 0.15) is 6.04 Å². The van der Waals surface area contributed by atoms with Gasteiger partial charge in [-0.15, -0.1) is 0 Å². The molecule has 1 aliphatic rings. The fraction of sp³-hybridized carbons (Fsp3) is 0.500. The van der Waals surface area contributed by atoms with Gasteiger partial charge < -0.3 is 10.1 Å². The molecule has 104 valence electrons. The van der Waals surface area contributed by atoms with Crippen molar-refractivity contribution in [3.63, 3.8) is 0 Å². The van der Waals surface area contributed by atoms with Crippen LogP contribution < -0.4 is 5.32 Å². The van der Waals surface area contributed by atoms with Crippen molar-refractivity contribution in [2.75, 3.05) is 32.8 Å². The van der Waals surface area contributed by atoms with E-state index in [0.717, 1.165) is 31.7 Å².